The van der Waals surface area contributed by atoms with Crippen LogP contribution in [0.15, 0.2) is 58.4 Å². The van der Waals surface area contributed by atoms with Gasteiger partial charge in [-0.1, -0.05) is 30.0 Å². The number of anilines is 1. The summed E-state index contributed by atoms with van der Waals surface area (Å²) < 4.78 is 26.7. The summed E-state index contributed by atoms with van der Waals surface area (Å²) in [5, 5.41) is 3.08. The molecule has 0 amide bonds. The number of benzene rings is 1. The Bertz CT molecular complexity index is 927. The van der Waals surface area contributed by atoms with E-state index in [-0.39, 0.29) is 12.1 Å². The average molecular weight is 347 g/mol. The molecule has 0 spiro atoms. The highest BCUT2D eigenvalue weighted by Crippen LogP contribution is 2.31. The summed E-state index contributed by atoms with van der Waals surface area (Å²) in [7, 11) is 0. The number of hydrogen-bond donors (Lipinski definition) is 1. The molecule has 2 heterocycles. The second-order valence-electron chi connectivity index (χ2n) is 5.20. The molecule has 4 nitrogen and oxygen atoms in total. The van der Waals surface area contributed by atoms with Gasteiger partial charge in [-0.15, -0.1) is 0 Å². The standard InChI is InChI=1S/C17H15F2N3OS/c1-11-5-4-8-22-15(23)9-12(21-16(11)22)10-20-13-6-2-3-7-14(13)24-17(18)19/h2-9,17,20H,10H2,1H3. The van der Waals surface area contributed by atoms with Gasteiger partial charge in [-0.05, 0) is 30.7 Å². The van der Waals surface area contributed by atoms with E-state index in [0.29, 0.717) is 33.7 Å². The van der Waals surface area contributed by atoms with Gasteiger partial charge in [0.15, 0.2) is 0 Å². The van der Waals surface area contributed by atoms with Crippen LogP contribution in [0.1, 0.15) is 11.3 Å². The molecule has 0 bridgehead atoms. The van der Waals surface area contributed by atoms with Crippen LogP contribution in [0.2, 0.25) is 0 Å². The third-order valence-electron chi connectivity index (χ3n) is 3.50. The number of aryl methyl sites for hydroxylation is 1. The van der Waals surface area contributed by atoms with Gasteiger partial charge in [0, 0.05) is 22.8 Å². The largest absolute Gasteiger partial charge is 0.378 e. The van der Waals surface area contributed by atoms with Crippen molar-refractivity contribution in [3.63, 3.8) is 0 Å². The molecule has 1 N–H and O–H groups in total. The minimum Gasteiger partial charge on any atom is -0.378 e. The number of nitrogens with zero attached hydrogens (tertiary/aromatic N) is 2. The normalized spacial score (nSPS) is 11.2. The highest BCUT2D eigenvalue weighted by atomic mass is 32.2. The molecule has 124 valence electrons. The fraction of sp³-hybridized carbons (Fsp3) is 0.176. The monoisotopic (exact) mass is 347 g/mol. The van der Waals surface area contributed by atoms with Gasteiger partial charge in [-0.3, -0.25) is 9.20 Å². The number of halogens is 2. The van der Waals surface area contributed by atoms with E-state index >= 15 is 0 Å². The van der Waals surface area contributed by atoms with Gasteiger partial charge in [0.05, 0.1) is 12.2 Å². The quantitative estimate of drug-likeness (QED) is 0.711. The first-order valence-electron chi connectivity index (χ1n) is 7.30. The molecule has 0 aliphatic rings. The van der Waals surface area contributed by atoms with Crippen molar-refractivity contribution in [3.05, 3.63) is 70.3 Å². The maximum atomic E-state index is 12.6. The van der Waals surface area contributed by atoms with Gasteiger partial charge >= 0.3 is 0 Å². The molecule has 24 heavy (non-hydrogen) atoms. The molecule has 0 saturated heterocycles. The molecule has 0 aliphatic heterocycles. The number of fused-ring (bicyclic) bond motifs is 1. The van der Waals surface area contributed by atoms with Crippen LogP contribution in [0.5, 0.6) is 0 Å². The van der Waals surface area contributed by atoms with Crippen molar-refractivity contribution in [3.8, 4) is 0 Å². The topological polar surface area (TPSA) is 46.4 Å². The van der Waals surface area contributed by atoms with E-state index in [1.807, 2.05) is 13.0 Å². The van der Waals surface area contributed by atoms with Gasteiger partial charge in [0.1, 0.15) is 5.65 Å². The SMILES string of the molecule is Cc1cccn2c(=O)cc(CNc3ccccc3SC(F)F)nc12. The summed E-state index contributed by atoms with van der Waals surface area (Å²) in [6.45, 7) is 2.16. The van der Waals surface area contributed by atoms with E-state index in [9.17, 15) is 13.6 Å². The third kappa shape index (κ3) is 3.56. The van der Waals surface area contributed by atoms with Crippen LogP contribution in [0.3, 0.4) is 0 Å². The predicted octanol–water partition coefficient (Wildman–Crippen LogP) is 3.93. The fourth-order valence-electron chi connectivity index (χ4n) is 2.40. The molecule has 1 aromatic carbocycles. The molecule has 0 aliphatic carbocycles. The summed E-state index contributed by atoms with van der Waals surface area (Å²) in [4.78, 5) is 17.1. The van der Waals surface area contributed by atoms with E-state index in [2.05, 4.69) is 10.3 Å². The van der Waals surface area contributed by atoms with Crippen molar-refractivity contribution in [1.82, 2.24) is 9.38 Å². The number of pyridine rings is 1. The number of thioether (sulfide) groups is 1. The van der Waals surface area contributed by atoms with Crippen LogP contribution >= 0.6 is 11.8 Å². The van der Waals surface area contributed by atoms with Gasteiger partial charge in [-0.25, -0.2) is 4.98 Å². The lowest BCUT2D eigenvalue weighted by molar-refractivity contribution is 0.252. The molecule has 0 fully saturated rings. The highest BCUT2D eigenvalue weighted by Gasteiger charge is 2.10. The zero-order chi connectivity index (χ0) is 17.1. The number of aromatic nitrogens is 2. The van der Waals surface area contributed by atoms with Crippen molar-refractivity contribution in [2.24, 2.45) is 0 Å². The first-order valence-corrected chi connectivity index (χ1v) is 8.18. The van der Waals surface area contributed by atoms with Crippen molar-refractivity contribution in [2.45, 2.75) is 24.1 Å². The molecule has 0 radical (unpaired) electrons. The molecule has 2 aromatic heterocycles. The average Bonchev–Trinajstić information content (AvgIpc) is 2.54. The van der Waals surface area contributed by atoms with Crippen molar-refractivity contribution >= 4 is 23.1 Å². The minimum absolute atomic E-state index is 0.171. The van der Waals surface area contributed by atoms with E-state index < -0.39 is 5.76 Å². The van der Waals surface area contributed by atoms with Gasteiger partial charge in [0.25, 0.3) is 11.3 Å². The van der Waals surface area contributed by atoms with Crippen LogP contribution in [0.4, 0.5) is 14.5 Å². The maximum Gasteiger partial charge on any atom is 0.288 e. The molecule has 0 saturated carbocycles. The summed E-state index contributed by atoms with van der Waals surface area (Å²) >= 11 is 0.486. The summed E-state index contributed by atoms with van der Waals surface area (Å²) in [5.41, 5.74) is 2.47. The summed E-state index contributed by atoms with van der Waals surface area (Å²) in [6.07, 6.45) is 1.67. The maximum absolute atomic E-state index is 12.6. The van der Waals surface area contributed by atoms with E-state index in [4.69, 9.17) is 0 Å². The Labute approximate surface area is 141 Å². The third-order valence-corrected chi connectivity index (χ3v) is 4.29. The Morgan fingerprint density at radius 1 is 1.25 bits per heavy atom. The second-order valence-corrected chi connectivity index (χ2v) is 6.23. The van der Waals surface area contributed by atoms with E-state index in [1.54, 1.807) is 36.5 Å². The lowest BCUT2D eigenvalue weighted by Gasteiger charge is -2.11. The van der Waals surface area contributed by atoms with Gasteiger partial charge in [-0.2, -0.15) is 8.78 Å². The summed E-state index contributed by atoms with van der Waals surface area (Å²) in [6, 6.07) is 12.0. The van der Waals surface area contributed by atoms with Crippen LogP contribution in [-0.4, -0.2) is 15.1 Å². The van der Waals surface area contributed by atoms with Crippen molar-refractivity contribution in [2.75, 3.05) is 5.32 Å². The number of nitrogens with one attached hydrogen (secondary N) is 1. The molecule has 3 rings (SSSR count). The van der Waals surface area contributed by atoms with Gasteiger partial charge < -0.3 is 5.32 Å². The van der Waals surface area contributed by atoms with Crippen LogP contribution in [0, 0.1) is 6.92 Å². The number of rotatable bonds is 5. The Hall–Kier alpha value is -2.41. The van der Waals surface area contributed by atoms with Crippen LogP contribution in [0.25, 0.3) is 5.65 Å². The zero-order valence-electron chi connectivity index (χ0n) is 12.9. The first kappa shape index (κ1) is 16.4. The molecular weight excluding hydrogens is 332 g/mol. The predicted molar refractivity (Wildman–Crippen MR) is 91.8 cm³/mol. The molecule has 0 atom stereocenters. The summed E-state index contributed by atoms with van der Waals surface area (Å²) in [5.74, 6) is -2.49. The van der Waals surface area contributed by atoms with Crippen LogP contribution in [-0.2, 0) is 6.54 Å². The Morgan fingerprint density at radius 2 is 2.04 bits per heavy atom. The first-order chi connectivity index (χ1) is 11.5. The molecule has 7 heteroatoms. The van der Waals surface area contributed by atoms with E-state index in [0.717, 1.165) is 5.56 Å². The van der Waals surface area contributed by atoms with Crippen LogP contribution < -0.4 is 10.9 Å². The highest BCUT2D eigenvalue weighted by molar-refractivity contribution is 7.99. The fourth-order valence-corrected chi connectivity index (χ4v) is 3.01. The number of hydrogen-bond acceptors (Lipinski definition) is 4. The Morgan fingerprint density at radius 3 is 2.83 bits per heavy atom. The zero-order valence-corrected chi connectivity index (χ0v) is 13.7. The van der Waals surface area contributed by atoms with E-state index in [1.165, 1.54) is 10.5 Å². The molecular formula is C17H15F2N3OS. The molecule has 0 unspecified atom stereocenters. The Kier molecular flexibility index (Phi) is 4.80. The number of para-hydroxylation sites is 1. The minimum atomic E-state index is -2.49. The van der Waals surface area contributed by atoms with Crippen molar-refractivity contribution in [1.29, 1.82) is 0 Å². The smallest absolute Gasteiger partial charge is 0.288 e. The Balaban J connectivity index is 1.87. The number of alkyl halides is 2. The van der Waals surface area contributed by atoms with Gasteiger partial charge in [0.2, 0.25) is 0 Å². The van der Waals surface area contributed by atoms with Crippen molar-refractivity contribution < 1.29 is 8.78 Å². The lowest BCUT2D eigenvalue weighted by Crippen LogP contribution is -2.17. The lowest BCUT2D eigenvalue weighted by atomic mass is 10.2. The molecule has 3 aromatic rings. The second kappa shape index (κ2) is 7.00.